The van der Waals surface area contributed by atoms with Crippen molar-refractivity contribution in [3.63, 3.8) is 0 Å². The minimum absolute atomic E-state index is 0.763. The van der Waals surface area contributed by atoms with Crippen LogP contribution in [-0.2, 0) is 25.7 Å². The predicted molar refractivity (Wildman–Crippen MR) is 114 cm³/mol. The minimum Gasteiger partial charge on any atom is -0.218 e. The van der Waals surface area contributed by atoms with Crippen molar-refractivity contribution in [1.82, 2.24) is 15.0 Å². The van der Waals surface area contributed by atoms with Crippen LogP contribution in [0.2, 0.25) is 0 Å². The van der Waals surface area contributed by atoms with Crippen molar-refractivity contribution < 1.29 is 0 Å². The van der Waals surface area contributed by atoms with Gasteiger partial charge in [-0.15, -0.1) is 0 Å². The van der Waals surface area contributed by atoms with Gasteiger partial charge in [0, 0.05) is 19.3 Å². The van der Waals surface area contributed by atoms with E-state index >= 15 is 0 Å². The van der Waals surface area contributed by atoms with E-state index in [-0.39, 0.29) is 0 Å². The number of nitrogens with zero attached hydrogens (tertiary/aromatic N) is 3. The van der Waals surface area contributed by atoms with Crippen LogP contribution in [0, 0.1) is 0 Å². The summed E-state index contributed by atoms with van der Waals surface area (Å²) in [6, 6.07) is 19.9. The average Bonchev–Trinajstić information content (AvgIpc) is 3.10. The van der Waals surface area contributed by atoms with Gasteiger partial charge in [-0.25, -0.2) is 15.0 Å². The second kappa shape index (κ2) is 6.83. The quantitative estimate of drug-likeness (QED) is 0.433. The summed E-state index contributed by atoms with van der Waals surface area (Å²) in [6.07, 6.45) is 3.43. The number of aryl methyl sites for hydroxylation is 2. The third-order valence-corrected chi connectivity index (χ3v) is 5.66. The molecule has 1 aliphatic carbocycles. The number of fused-ring (bicyclic) bond motifs is 4. The van der Waals surface area contributed by atoms with Crippen molar-refractivity contribution in [1.29, 1.82) is 0 Å². The molecule has 5 rings (SSSR count). The molecule has 0 radical (unpaired) electrons. The van der Waals surface area contributed by atoms with Gasteiger partial charge in [0.05, 0.1) is 0 Å². The lowest BCUT2D eigenvalue weighted by Crippen LogP contribution is -2.08. The van der Waals surface area contributed by atoms with Crippen LogP contribution in [0.5, 0.6) is 0 Å². The Morgan fingerprint density at radius 1 is 0.714 bits per heavy atom. The van der Waals surface area contributed by atoms with E-state index in [2.05, 4.69) is 73.4 Å². The van der Waals surface area contributed by atoms with E-state index in [0.717, 1.165) is 43.2 Å². The third kappa shape index (κ3) is 2.88. The second-order valence-electron chi connectivity index (χ2n) is 7.44. The van der Waals surface area contributed by atoms with E-state index in [9.17, 15) is 0 Å². The fourth-order valence-electron chi connectivity index (χ4n) is 4.22. The highest BCUT2D eigenvalue weighted by atomic mass is 15.0. The Morgan fingerprint density at radius 2 is 1.39 bits per heavy atom. The van der Waals surface area contributed by atoms with Crippen molar-refractivity contribution in [3.05, 3.63) is 88.8 Å². The Bertz CT molecular complexity index is 1170. The third-order valence-electron chi connectivity index (χ3n) is 5.66. The van der Waals surface area contributed by atoms with Gasteiger partial charge in [-0.2, -0.15) is 0 Å². The van der Waals surface area contributed by atoms with Crippen molar-refractivity contribution in [2.45, 2.75) is 39.5 Å². The van der Waals surface area contributed by atoms with Crippen LogP contribution in [0.3, 0.4) is 0 Å². The molecular formula is C25H23N3. The van der Waals surface area contributed by atoms with Crippen LogP contribution in [0.15, 0.2) is 54.6 Å². The largest absolute Gasteiger partial charge is 0.218 e. The summed E-state index contributed by atoms with van der Waals surface area (Å²) in [6.45, 7) is 4.19. The summed E-state index contributed by atoms with van der Waals surface area (Å²) in [7, 11) is 0. The predicted octanol–water partition coefficient (Wildman–Crippen LogP) is 5.31. The van der Waals surface area contributed by atoms with Gasteiger partial charge in [-0.05, 0) is 51.1 Å². The smallest absolute Gasteiger partial charge is 0.137 e. The van der Waals surface area contributed by atoms with Gasteiger partial charge >= 0.3 is 0 Å². The molecule has 3 heteroatoms. The topological polar surface area (TPSA) is 38.7 Å². The first-order chi connectivity index (χ1) is 13.7. The molecule has 0 unspecified atom stereocenters. The molecule has 0 N–H and O–H groups in total. The van der Waals surface area contributed by atoms with E-state index in [4.69, 9.17) is 9.97 Å². The van der Waals surface area contributed by atoms with Crippen LogP contribution in [-0.4, -0.2) is 15.0 Å². The first kappa shape index (κ1) is 17.1. The van der Waals surface area contributed by atoms with E-state index in [1.54, 1.807) is 0 Å². The van der Waals surface area contributed by atoms with Crippen LogP contribution in [0.25, 0.3) is 21.9 Å². The molecule has 0 amide bonds. The lowest BCUT2D eigenvalue weighted by Gasteiger charge is -2.09. The molecule has 4 aromatic rings. The van der Waals surface area contributed by atoms with Crippen LogP contribution < -0.4 is 0 Å². The molecule has 0 bridgehead atoms. The van der Waals surface area contributed by atoms with Crippen molar-refractivity contribution in [3.8, 4) is 11.1 Å². The Hall–Kier alpha value is -3.07. The maximum atomic E-state index is 4.69. The lowest BCUT2D eigenvalue weighted by atomic mass is 9.98. The Morgan fingerprint density at radius 3 is 2.11 bits per heavy atom. The van der Waals surface area contributed by atoms with Crippen LogP contribution in [0.1, 0.15) is 48.0 Å². The minimum atomic E-state index is 0.763. The first-order valence-electron chi connectivity index (χ1n) is 10.1. The standard InChI is InChI=1S/C25H23N3/c1-3-23-26-24(4-2)28-25(27-23)15-18-10-7-11-20-21(18)14-19-12-16-8-5-6-9-17(16)13-22(19)20/h5-13H,3-4,14-15H2,1-2H3. The molecular weight excluding hydrogens is 342 g/mol. The molecule has 1 heterocycles. The highest BCUT2D eigenvalue weighted by molar-refractivity contribution is 5.92. The average molecular weight is 365 g/mol. The second-order valence-corrected chi connectivity index (χ2v) is 7.44. The Labute approximate surface area is 165 Å². The van der Waals surface area contributed by atoms with Gasteiger partial charge < -0.3 is 0 Å². The summed E-state index contributed by atoms with van der Waals surface area (Å²) >= 11 is 0. The monoisotopic (exact) mass is 365 g/mol. The number of rotatable bonds is 4. The molecule has 0 saturated heterocycles. The molecule has 0 aliphatic heterocycles. The van der Waals surface area contributed by atoms with Gasteiger partial charge in [0.1, 0.15) is 17.5 Å². The van der Waals surface area contributed by atoms with Gasteiger partial charge in [0.2, 0.25) is 0 Å². The molecule has 3 nitrogen and oxygen atoms in total. The molecule has 0 atom stereocenters. The Kier molecular flexibility index (Phi) is 4.16. The maximum Gasteiger partial charge on any atom is 0.137 e. The van der Waals surface area contributed by atoms with Crippen molar-refractivity contribution in [2.75, 3.05) is 0 Å². The zero-order valence-corrected chi connectivity index (χ0v) is 16.4. The fraction of sp³-hybridized carbons (Fsp3) is 0.240. The van der Waals surface area contributed by atoms with E-state index < -0.39 is 0 Å². The summed E-state index contributed by atoms with van der Waals surface area (Å²) in [5.41, 5.74) is 6.89. The van der Waals surface area contributed by atoms with Crippen LogP contribution >= 0.6 is 0 Å². The lowest BCUT2D eigenvalue weighted by molar-refractivity contribution is 0.778. The zero-order valence-electron chi connectivity index (χ0n) is 16.4. The number of benzene rings is 3. The number of hydrogen-bond acceptors (Lipinski definition) is 3. The molecule has 0 fully saturated rings. The zero-order chi connectivity index (χ0) is 19.1. The Balaban J connectivity index is 1.57. The summed E-state index contributed by atoms with van der Waals surface area (Å²) in [5, 5.41) is 2.62. The molecule has 1 aliphatic rings. The first-order valence-corrected chi connectivity index (χ1v) is 10.1. The summed E-state index contributed by atoms with van der Waals surface area (Å²) < 4.78 is 0. The van der Waals surface area contributed by atoms with Gasteiger partial charge in [0.15, 0.2) is 0 Å². The highest BCUT2D eigenvalue weighted by Gasteiger charge is 2.22. The fourth-order valence-corrected chi connectivity index (χ4v) is 4.22. The number of hydrogen-bond donors (Lipinski definition) is 0. The molecule has 0 saturated carbocycles. The normalized spacial score (nSPS) is 12.2. The van der Waals surface area contributed by atoms with E-state index in [1.807, 2.05) is 0 Å². The van der Waals surface area contributed by atoms with E-state index in [1.165, 1.54) is 38.6 Å². The van der Waals surface area contributed by atoms with Crippen molar-refractivity contribution in [2.24, 2.45) is 0 Å². The molecule has 0 spiro atoms. The summed E-state index contributed by atoms with van der Waals surface area (Å²) in [5.74, 6) is 2.67. The SMILES string of the molecule is CCc1nc(CC)nc(Cc2cccc3c2Cc2cc4ccccc4cc2-3)n1. The van der Waals surface area contributed by atoms with E-state index in [0.29, 0.717) is 0 Å². The molecule has 1 aromatic heterocycles. The summed E-state index contributed by atoms with van der Waals surface area (Å²) in [4.78, 5) is 13.9. The van der Waals surface area contributed by atoms with Crippen LogP contribution in [0.4, 0.5) is 0 Å². The maximum absolute atomic E-state index is 4.69. The number of aromatic nitrogens is 3. The van der Waals surface area contributed by atoms with Gasteiger partial charge in [-0.1, -0.05) is 62.4 Å². The highest BCUT2D eigenvalue weighted by Crippen LogP contribution is 2.40. The molecule has 138 valence electrons. The van der Waals surface area contributed by atoms with Gasteiger partial charge in [0.25, 0.3) is 0 Å². The van der Waals surface area contributed by atoms with Crippen molar-refractivity contribution >= 4 is 10.8 Å². The molecule has 28 heavy (non-hydrogen) atoms. The van der Waals surface area contributed by atoms with Gasteiger partial charge in [-0.3, -0.25) is 0 Å². The molecule has 3 aromatic carbocycles.